The molecule has 1 N–H and O–H groups in total. The molecule has 0 bridgehead atoms. The van der Waals surface area contributed by atoms with Gasteiger partial charge in [0.1, 0.15) is 0 Å². The molecule has 0 aromatic rings. The van der Waals surface area contributed by atoms with Gasteiger partial charge in [0, 0.05) is 11.9 Å². The van der Waals surface area contributed by atoms with E-state index >= 15 is 0 Å². The Labute approximate surface area is 128 Å². The van der Waals surface area contributed by atoms with Gasteiger partial charge in [0.15, 0.2) is 0 Å². The number of hydrogen-bond donors (Lipinski definition) is 1. The van der Waals surface area contributed by atoms with Crippen LogP contribution in [-0.4, -0.2) is 41.1 Å². The van der Waals surface area contributed by atoms with Crippen molar-refractivity contribution in [2.24, 2.45) is 0 Å². The zero-order valence-electron chi connectivity index (χ0n) is 12.7. The van der Waals surface area contributed by atoms with Crippen molar-refractivity contribution in [3.05, 3.63) is 0 Å². The van der Waals surface area contributed by atoms with Crippen LogP contribution in [0, 0.1) is 0 Å². The van der Waals surface area contributed by atoms with Crippen LogP contribution >= 0.6 is 15.9 Å². The molecular formula is C16H32BrNO. The van der Waals surface area contributed by atoms with Gasteiger partial charge >= 0.3 is 0 Å². The first kappa shape index (κ1) is 17.5. The molecule has 0 aromatic heterocycles. The Bertz CT molecular complexity index is 217. The van der Waals surface area contributed by atoms with E-state index in [4.69, 9.17) is 0 Å². The molecule has 1 saturated carbocycles. The second kappa shape index (κ2) is 10.2. The molecule has 0 atom stereocenters. The number of unbranched alkanes of at least 4 members (excludes halogenated alkanes) is 6. The van der Waals surface area contributed by atoms with Crippen LogP contribution in [0.25, 0.3) is 0 Å². The number of halogens is 1. The quantitative estimate of drug-likeness (QED) is 0.449. The van der Waals surface area contributed by atoms with E-state index in [0.717, 1.165) is 31.3 Å². The molecule has 0 aliphatic heterocycles. The van der Waals surface area contributed by atoms with Crippen LogP contribution in [0.1, 0.15) is 70.6 Å². The molecule has 0 spiro atoms. The Morgan fingerprint density at radius 2 is 1.47 bits per heavy atom. The maximum Gasteiger partial charge on any atom is 0.0774 e. The topological polar surface area (TPSA) is 23.5 Å². The van der Waals surface area contributed by atoms with Gasteiger partial charge in [-0.2, -0.15) is 0 Å². The maximum atomic E-state index is 10.3. The Morgan fingerprint density at radius 1 is 0.947 bits per heavy atom. The molecule has 1 rings (SSSR count). The second-order valence-corrected chi connectivity index (χ2v) is 7.13. The third kappa shape index (κ3) is 8.31. The number of hydrogen-bond acceptors (Lipinski definition) is 2. The molecule has 2 nitrogen and oxygen atoms in total. The van der Waals surface area contributed by atoms with Crippen LogP contribution in [-0.2, 0) is 0 Å². The van der Waals surface area contributed by atoms with Crippen LogP contribution in [0.4, 0.5) is 0 Å². The van der Waals surface area contributed by atoms with E-state index in [-0.39, 0.29) is 5.60 Å². The molecule has 0 radical (unpaired) electrons. The minimum atomic E-state index is -0.371. The SMILES string of the molecule is CN(CCCCCCCCCBr)CC1(O)CCCC1. The summed E-state index contributed by atoms with van der Waals surface area (Å²) in [6, 6.07) is 0. The fourth-order valence-corrected chi connectivity index (χ4v) is 3.53. The number of alkyl halides is 1. The van der Waals surface area contributed by atoms with Crippen molar-refractivity contribution in [3.63, 3.8) is 0 Å². The van der Waals surface area contributed by atoms with Gasteiger partial charge in [-0.3, -0.25) is 0 Å². The summed E-state index contributed by atoms with van der Waals surface area (Å²) in [6.07, 6.45) is 13.9. The van der Waals surface area contributed by atoms with Crippen LogP contribution in [0.15, 0.2) is 0 Å². The average molecular weight is 334 g/mol. The first-order valence-corrected chi connectivity index (χ1v) is 9.25. The van der Waals surface area contributed by atoms with Crippen molar-refractivity contribution in [1.82, 2.24) is 4.90 Å². The lowest BCUT2D eigenvalue weighted by molar-refractivity contribution is 0.0161. The van der Waals surface area contributed by atoms with Crippen LogP contribution < -0.4 is 0 Å². The van der Waals surface area contributed by atoms with Gasteiger partial charge in [-0.25, -0.2) is 0 Å². The van der Waals surface area contributed by atoms with Crippen molar-refractivity contribution in [3.8, 4) is 0 Å². The lowest BCUT2D eigenvalue weighted by Crippen LogP contribution is -2.39. The summed E-state index contributed by atoms with van der Waals surface area (Å²) in [5.74, 6) is 0. The standard InChI is InChI=1S/C16H32BrNO/c1-18(15-16(19)11-7-8-12-16)14-10-6-4-2-3-5-9-13-17/h19H,2-15H2,1H3. The summed E-state index contributed by atoms with van der Waals surface area (Å²) in [6.45, 7) is 2.02. The third-order valence-corrected chi connectivity index (χ3v) is 4.83. The molecule has 0 saturated heterocycles. The van der Waals surface area contributed by atoms with Gasteiger partial charge in [0.2, 0.25) is 0 Å². The van der Waals surface area contributed by atoms with Crippen molar-refractivity contribution < 1.29 is 5.11 Å². The van der Waals surface area contributed by atoms with E-state index < -0.39 is 0 Å². The first-order valence-electron chi connectivity index (χ1n) is 8.13. The van der Waals surface area contributed by atoms with E-state index in [0.29, 0.717) is 0 Å². The van der Waals surface area contributed by atoms with E-state index in [1.807, 2.05) is 0 Å². The molecule has 3 heteroatoms. The van der Waals surface area contributed by atoms with Gasteiger partial charge in [-0.15, -0.1) is 0 Å². The van der Waals surface area contributed by atoms with Crippen LogP contribution in [0.2, 0.25) is 0 Å². The van der Waals surface area contributed by atoms with E-state index in [1.165, 1.54) is 57.8 Å². The van der Waals surface area contributed by atoms with Gasteiger partial charge in [-0.1, -0.05) is 60.9 Å². The Hall–Kier alpha value is 0.400. The lowest BCUT2D eigenvalue weighted by Gasteiger charge is -2.28. The summed E-state index contributed by atoms with van der Waals surface area (Å²) in [5.41, 5.74) is -0.371. The van der Waals surface area contributed by atoms with Gasteiger partial charge < -0.3 is 10.0 Å². The van der Waals surface area contributed by atoms with Crippen molar-refractivity contribution in [1.29, 1.82) is 0 Å². The van der Waals surface area contributed by atoms with Gasteiger partial charge in [0.25, 0.3) is 0 Å². The highest BCUT2D eigenvalue weighted by Crippen LogP contribution is 2.29. The molecule has 114 valence electrons. The minimum absolute atomic E-state index is 0.371. The molecule has 0 unspecified atom stereocenters. The monoisotopic (exact) mass is 333 g/mol. The van der Waals surface area contributed by atoms with E-state index in [9.17, 15) is 5.11 Å². The smallest absolute Gasteiger partial charge is 0.0774 e. The fraction of sp³-hybridized carbons (Fsp3) is 1.00. The summed E-state index contributed by atoms with van der Waals surface area (Å²) in [5, 5.41) is 11.5. The average Bonchev–Trinajstić information content (AvgIpc) is 2.79. The molecule has 1 fully saturated rings. The third-order valence-electron chi connectivity index (χ3n) is 4.27. The Morgan fingerprint density at radius 3 is 2.05 bits per heavy atom. The highest BCUT2D eigenvalue weighted by atomic mass is 79.9. The highest BCUT2D eigenvalue weighted by Gasteiger charge is 2.31. The van der Waals surface area contributed by atoms with E-state index in [2.05, 4.69) is 27.9 Å². The summed E-state index contributed by atoms with van der Waals surface area (Å²) in [4.78, 5) is 2.33. The molecule has 19 heavy (non-hydrogen) atoms. The zero-order chi connectivity index (χ0) is 14.0. The predicted molar refractivity (Wildman–Crippen MR) is 87.0 cm³/mol. The molecule has 1 aliphatic carbocycles. The van der Waals surface area contributed by atoms with Crippen molar-refractivity contribution in [2.45, 2.75) is 76.2 Å². The maximum absolute atomic E-state index is 10.3. The zero-order valence-corrected chi connectivity index (χ0v) is 14.3. The summed E-state index contributed by atoms with van der Waals surface area (Å²) in [7, 11) is 2.16. The lowest BCUT2D eigenvalue weighted by atomic mass is 10.0. The highest BCUT2D eigenvalue weighted by molar-refractivity contribution is 9.09. The normalized spacial score (nSPS) is 18.3. The minimum Gasteiger partial charge on any atom is -0.389 e. The Kier molecular flexibility index (Phi) is 9.34. The molecular weight excluding hydrogens is 302 g/mol. The first-order chi connectivity index (χ1) is 9.16. The van der Waals surface area contributed by atoms with Crippen molar-refractivity contribution in [2.75, 3.05) is 25.5 Å². The van der Waals surface area contributed by atoms with Gasteiger partial charge in [0.05, 0.1) is 5.60 Å². The van der Waals surface area contributed by atoms with Gasteiger partial charge in [-0.05, 0) is 39.3 Å². The van der Waals surface area contributed by atoms with Crippen molar-refractivity contribution >= 4 is 15.9 Å². The fourth-order valence-electron chi connectivity index (χ4n) is 3.13. The predicted octanol–water partition coefficient (Wildman–Crippen LogP) is 4.35. The summed E-state index contributed by atoms with van der Waals surface area (Å²) >= 11 is 3.47. The van der Waals surface area contributed by atoms with E-state index in [1.54, 1.807) is 0 Å². The number of nitrogens with zero attached hydrogens (tertiary/aromatic N) is 1. The second-order valence-electron chi connectivity index (χ2n) is 6.33. The molecule has 0 heterocycles. The summed E-state index contributed by atoms with van der Waals surface area (Å²) < 4.78 is 0. The molecule has 0 aromatic carbocycles. The molecule has 1 aliphatic rings. The molecule has 0 amide bonds. The number of rotatable bonds is 11. The number of likely N-dealkylation sites (N-methyl/N-ethyl adjacent to an activating group) is 1. The Balaban J connectivity index is 1.91. The largest absolute Gasteiger partial charge is 0.389 e. The van der Waals surface area contributed by atoms with Crippen LogP contribution in [0.3, 0.4) is 0 Å². The number of aliphatic hydroxyl groups is 1. The van der Waals surface area contributed by atoms with Crippen LogP contribution in [0.5, 0.6) is 0 Å².